The molecule has 0 spiro atoms. The standard InChI is InChI=1S/C13H15ClIN3O/c1-3-8-4-7(2)13(19-8)18-5-9(15)10-11(14)16-6-17-12(10)18/h5-8,13H,3-4H2,1-2H3/t7-,8-,13-/m1/s1. The van der Waals surface area contributed by atoms with Crippen LogP contribution in [-0.2, 0) is 4.74 Å². The smallest absolute Gasteiger partial charge is 0.148 e. The summed E-state index contributed by atoms with van der Waals surface area (Å²) in [5.41, 5.74) is 0.859. The first-order valence-corrected chi connectivity index (χ1v) is 7.89. The van der Waals surface area contributed by atoms with Gasteiger partial charge in [-0.25, -0.2) is 9.97 Å². The van der Waals surface area contributed by atoms with Gasteiger partial charge in [0.05, 0.1) is 11.5 Å². The average molecular weight is 392 g/mol. The molecule has 2 aromatic heterocycles. The Morgan fingerprint density at radius 2 is 2.32 bits per heavy atom. The molecule has 4 nitrogen and oxygen atoms in total. The Hall–Kier alpha value is -0.400. The topological polar surface area (TPSA) is 39.9 Å². The van der Waals surface area contributed by atoms with Crippen LogP contribution in [0.4, 0.5) is 0 Å². The van der Waals surface area contributed by atoms with Gasteiger partial charge in [0.15, 0.2) is 0 Å². The highest BCUT2D eigenvalue weighted by molar-refractivity contribution is 14.1. The zero-order chi connectivity index (χ0) is 13.6. The number of halogens is 2. The predicted molar refractivity (Wildman–Crippen MR) is 83.2 cm³/mol. The summed E-state index contributed by atoms with van der Waals surface area (Å²) in [6.45, 7) is 4.39. The zero-order valence-corrected chi connectivity index (χ0v) is 13.7. The molecule has 1 aliphatic rings. The molecule has 1 saturated heterocycles. The SMILES string of the molecule is CC[C@@H]1C[C@@H](C)[C@H](n2cc(I)c3c(Cl)ncnc32)O1. The number of aromatic nitrogens is 3. The fourth-order valence-corrected chi connectivity index (χ4v) is 3.91. The van der Waals surface area contributed by atoms with E-state index in [1.165, 1.54) is 6.33 Å². The first kappa shape index (κ1) is 13.6. The molecule has 0 saturated carbocycles. The quantitative estimate of drug-likeness (QED) is 0.573. The van der Waals surface area contributed by atoms with Crippen LogP contribution in [0.2, 0.25) is 5.15 Å². The molecule has 0 N–H and O–H groups in total. The van der Waals surface area contributed by atoms with Crippen molar-refractivity contribution < 1.29 is 4.74 Å². The minimum atomic E-state index is 0.0435. The van der Waals surface area contributed by atoms with Crippen LogP contribution < -0.4 is 0 Å². The second-order valence-electron chi connectivity index (χ2n) is 5.02. The summed E-state index contributed by atoms with van der Waals surface area (Å²) in [5, 5.41) is 1.42. The molecule has 0 aromatic carbocycles. The summed E-state index contributed by atoms with van der Waals surface area (Å²) in [5.74, 6) is 0.477. The van der Waals surface area contributed by atoms with Crippen LogP contribution in [0.5, 0.6) is 0 Å². The Labute approximate surface area is 130 Å². The van der Waals surface area contributed by atoms with Gasteiger partial charge < -0.3 is 9.30 Å². The summed E-state index contributed by atoms with van der Waals surface area (Å²) in [4.78, 5) is 8.43. The summed E-state index contributed by atoms with van der Waals surface area (Å²) >= 11 is 8.44. The van der Waals surface area contributed by atoms with Gasteiger partial charge in [0, 0.05) is 15.7 Å². The van der Waals surface area contributed by atoms with Gasteiger partial charge in [0.2, 0.25) is 0 Å². The van der Waals surface area contributed by atoms with E-state index >= 15 is 0 Å². The van der Waals surface area contributed by atoms with Crippen molar-refractivity contribution in [3.63, 3.8) is 0 Å². The lowest BCUT2D eigenvalue weighted by Gasteiger charge is -2.18. The van der Waals surface area contributed by atoms with E-state index in [4.69, 9.17) is 16.3 Å². The number of ether oxygens (including phenoxy) is 1. The van der Waals surface area contributed by atoms with E-state index in [2.05, 4.69) is 57.2 Å². The van der Waals surface area contributed by atoms with Crippen molar-refractivity contribution in [2.75, 3.05) is 0 Å². The molecule has 0 aliphatic carbocycles. The molecule has 2 aromatic rings. The van der Waals surface area contributed by atoms with Crippen LogP contribution in [0, 0.1) is 9.49 Å². The second-order valence-corrected chi connectivity index (χ2v) is 6.54. The minimum Gasteiger partial charge on any atom is -0.354 e. The molecular formula is C13H15ClIN3O. The Bertz CT molecular complexity index is 615. The third-order valence-corrected chi connectivity index (χ3v) is 4.80. The third-order valence-electron chi connectivity index (χ3n) is 3.70. The molecule has 3 heterocycles. The highest BCUT2D eigenvalue weighted by atomic mass is 127. The van der Waals surface area contributed by atoms with E-state index in [0.717, 1.165) is 27.4 Å². The van der Waals surface area contributed by atoms with Crippen LogP contribution in [0.1, 0.15) is 32.9 Å². The van der Waals surface area contributed by atoms with Gasteiger partial charge >= 0.3 is 0 Å². The van der Waals surface area contributed by atoms with E-state index in [9.17, 15) is 0 Å². The van der Waals surface area contributed by atoms with Crippen molar-refractivity contribution in [3.8, 4) is 0 Å². The van der Waals surface area contributed by atoms with Crippen LogP contribution in [0.15, 0.2) is 12.5 Å². The monoisotopic (exact) mass is 391 g/mol. The largest absolute Gasteiger partial charge is 0.354 e. The lowest BCUT2D eigenvalue weighted by molar-refractivity contribution is -0.00878. The molecule has 0 radical (unpaired) electrons. The van der Waals surface area contributed by atoms with Gasteiger partial charge in [-0.15, -0.1) is 0 Å². The van der Waals surface area contributed by atoms with Crippen molar-refractivity contribution >= 4 is 45.2 Å². The number of hydrogen-bond donors (Lipinski definition) is 0. The van der Waals surface area contributed by atoms with Crippen LogP contribution in [0.25, 0.3) is 11.0 Å². The van der Waals surface area contributed by atoms with E-state index in [1.54, 1.807) is 0 Å². The van der Waals surface area contributed by atoms with E-state index < -0.39 is 0 Å². The van der Waals surface area contributed by atoms with Crippen molar-refractivity contribution in [2.24, 2.45) is 5.92 Å². The minimum absolute atomic E-state index is 0.0435. The molecule has 19 heavy (non-hydrogen) atoms. The number of fused-ring (bicyclic) bond motifs is 1. The van der Waals surface area contributed by atoms with Crippen molar-refractivity contribution in [2.45, 2.75) is 39.0 Å². The average Bonchev–Trinajstić information content (AvgIpc) is 2.91. The highest BCUT2D eigenvalue weighted by Crippen LogP contribution is 2.38. The molecule has 102 valence electrons. The van der Waals surface area contributed by atoms with Gasteiger partial charge in [-0.1, -0.05) is 25.4 Å². The Morgan fingerprint density at radius 3 is 3.00 bits per heavy atom. The maximum Gasteiger partial charge on any atom is 0.148 e. The van der Waals surface area contributed by atoms with Gasteiger partial charge in [-0.3, -0.25) is 0 Å². The lowest BCUT2D eigenvalue weighted by atomic mass is 10.0. The van der Waals surface area contributed by atoms with Crippen molar-refractivity contribution in [1.29, 1.82) is 0 Å². The lowest BCUT2D eigenvalue weighted by Crippen LogP contribution is -2.13. The van der Waals surface area contributed by atoms with E-state index in [0.29, 0.717) is 17.2 Å². The molecule has 0 amide bonds. The van der Waals surface area contributed by atoms with E-state index in [1.807, 2.05) is 0 Å². The molecule has 0 bridgehead atoms. The summed E-state index contributed by atoms with van der Waals surface area (Å²) in [6.07, 6.45) is 6.09. The fraction of sp³-hybridized carbons (Fsp3) is 0.538. The molecule has 3 atom stereocenters. The highest BCUT2D eigenvalue weighted by Gasteiger charge is 2.33. The molecule has 1 fully saturated rings. The third kappa shape index (κ3) is 2.25. The summed E-state index contributed by atoms with van der Waals surface area (Å²) < 4.78 is 9.29. The molecule has 0 unspecified atom stereocenters. The first-order valence-electron chi connectivity index (χ1n) is 6.43. The van der Waals surface area contributed by atoms with Crippen molar-refractivity contribution in [1.82, 2.24) is 14.5 Å². The molecular weight excluding hydrogens is 377 g/mol. The van der Waals surface area contributed by atoms with Crippen LogP contribution >= 0.6 is 34.2 Å². The molecule has 6 heteroatoms. The Balaban J connectivity index is 2.09. The Morgan fingerprint density at radius 1 is 1.53 bits per heavy atom. The maximum atomic E-state index is 6.16. The normalized spacial score (nSPS) is 27.3. The van der Waals surface area contributed by atoms with Gasteiger partial charge in [0.25, 0.3) is 0 Å². The van der Waals surface area contributed by atoms with Gasteiger partial charge in [0.1, 0.15) is 23.4 Å². The summed E-state index contributed by atoms with van der Waals surface area (Å²) in [6, 6.07) is 0. The number of hydrogen-bond acceptors (Lipinski definition) is 3. The summed E-state index contributed by atoms with van der Waals surface area (Å²) in [7, 11) is 0. The Kier molecular flexibility index (Phi) is 3.70. The zero-order valence-electron chi connectivity index (χ0n) is 10.8. The van der Waals surface area contributed by atoms with Gasteiger partial charge in [-0.05, 0) is 35.4 Å². The van der Waals surface area contributed by atoms with E-state index in [-0.39, 0.29) is 6.23 Å². The van der Waals surface area contributed by atoms with Gasteiger partial charge in [-0.2, -0.15) is 0 Å². The predicted octanol–water partition coefficient (Wildman–Crippen LogP) is 4.02. The number of nitrogens with zero attached hydrogens (tertiary/aromatic N) is 3. The molecule has 1 aliphatic heterocycles. The van der Waals surface area contributed by atoms with Crippen molar-refractivity contribution in [3.05, 3.63) is 21.2 Å². The second kappa shape index (κ2) is 5.18. The van der Waals surface area contributed by atoms with Crippen LogP contribution in [0.3, 0.4) is 0 Å². The fourth-order valence-electron chi connectivity index (χ4n) is 2.72. The van der Waals surface area contributed by atoms with Crippen LogP contribution in [-0.4, -0.2) is 20.6 Å². The number of rotatable bonds is 2. The molecule has 3 rings (SSSR count). The maximum absolute atomic E-state index is 6.16. The first-order chi connectivity index (χ1) is 9.11.